The van der Waals surface area contributed by atoms with Crippen molar-refractivity contribution in [3.8, 4) is 11.5 Å². The normalized spacial score (nSPS) is 13.0. The number of hydrogen-bond donors (Lipinski definition) is 1. The van der Waals surface area contributed by atoms with Crippen molar-refractivity contribution in [2.45, 2.75) is 4.90 Å². The molecular formula is C19H15FO5S. The summed E-state index contributed by atoms with van der Waals surface area (Å²) in [5, 5.41) is 8.65. The van der Waals surface area contributed by atoms with Crippen LogP contribution in [0.2, 0.25) is 0 Å². The summed E-state index contributed by atoms with van der Waals surface area (Å²) < 4.78 is 25.1. The Labute approximate surface area is 153 Å². The zero-order valence-electron chi connectivity index (χ0n) is 13.6. The van der Waals surface area contributed by atoms with Crippen molar-refractivity contribution in [1.29, 1.82) is 0 Å². The number of fused-ring (bicyclic) bond motifs is 1. The Morgan fingerprint density at radius 3 is 2.77 bits per heavy atom. The maximum absolute atomic E-state index is 14.0. The zero-order chi connectivity index (χ0) is 18.5. The number of allylic oxidation sites excluding steroid dienone is 1. The molecule has 2 aromatic carbocycles. The maximum atomic E-state index is 14.0. The van der Waals surface area contributed by atoms with Gasteiger partial charge in [0, 0.05) is 16.0 Å². The molecule has 0 fully saturated rings. The van der Waals surface area contributed by atoms with E-state index in [0.29, 0.717) is 30.3 Å². The average Bonchev–Trinajstić information content (AvgIpc) is 2.64. The number of carbonyl (C=O) groups is 2. The fourth-order valence-electron chi connectivity index (χ4n) is 2.40. The average molecular weight is 374 g/mol. The van der Waals surface area contributed by atoms with Crippen LogP contribution in [-0.2, 0) is 4.79 Å². The van der Waals surface area contributed by atoms with Gasteiger partial charge in [0.05, 0.1) is 5.75 Å². The lowest BCUT2D eigenvalue weighted by Crippen LogP contribution is -2.15. The number of carboxylic acid groups (broad SMARTS) is 1. The summed E-state index contributed by atoms with van der Waals surface area (Å²) in [4.78, 5) is 23.0. The van der Waals surface area contributed by atoms with Gasteiger partial charge in [0.25, 0.3) is 0 Å². The van der Waals surface area contributed by atoms with Gasteiger partial charge in [-0.15, -0.1) is 11.8 Å². The number of para-hydroxylation sites is 1. The van der Waals surface area contributed by atoms with Crippen molar-refractivity contribution >= 4 is 29.6 Å². The van der Waals surface area contributed by atoms with Gasteiger partial charge in [-0.2, -0.15) is 0 Å². The van der Waals surface area contributed by atoms with E-state index in [9.17, 15) is 14.0 Å². The summed E-state index contributed by atoms with van der Waals surface area (Å²) in [6.45, 7) is 0.914. The largest absolute Gasteiger partial charge is 0.486 e. The van der Waals surface area contributed by atoms with Crippen LogP contribution in [0.4, 0.5) is 4.39 Å². The van der Waals surface area contributed by atoms with Gasteiger partial charge in [0.2, 0.25) is 0 Å². The molecule has 0 saturated heterocycles. The number of benzene rings is 2. The maximum Gasteiger partial charge on any atom is 0.313 e. The van der Waals surface area contributed by atoms with Gasteiger partial charge >= 0.3 is 5.97 Å². The van der Waals surface area contributed by atoms with Gasteiger partial charge in [0.15, 0.2) is 17.3 Å². The highest BCUT2D eigenvalue weighted by molar-refractivity contribution is 8.00. The first-order chi connectivity index (χ1) is 12.5. The first-order valence-electron chi connectivity index (χ1n) is 7.80. The standard InChI is InChI=1S/C19H15FO5S/c20-14-10-13(5-7-17(14)26-11-18(22)23)15(21)6-4-12-2-1-3-16-19(12)25-9-8-24-16/h1-7,10H,8-9,11H2,(H,22,23). The lowest BCUT2D eigenvalue weighted by molar-refractivity contribution is -0.133. The van der Waals surface area contributed by atoms with Crippen LogP contribution in [0.1, 0.15) is 15.9 Å². The monoisotopic (exact) mass is 374 g/mol. The van der Waals surface area contributed by atoms with Crippen LogP contribution in [0.3, 0.4) is 0 Å². The summed E-state index contributed by atoms with van der Waals surface area (Å²) in [5.41, 5.74) is 0.880. The van der Waals surface area contributed by atoms with E-state index in [4.69, 9.17) is 14.6 Å². The number of aliphatic carboxylic acids is 1. The molecule has 2 aromatic rings. The Morgan fingerprint density at radius 1 is 1.19 bits per heavy atom. The molecule has 0 spiro atoms. The fraction of sp³-hybridized carbons (Fsp3) is 0.158. The first-order valence-corrected chi connectivity index (χ1v) is 8.78. The molecule has 5 nitrogen and oxygen atoms in total. The van der Waals surface area contributed by atoms with E-state index < -0.39 is 11.8 Å². The van der Waals surface area contributed by atoms with Gasteiger partial charge in [0.1, 0.15) is 19.0 Å². The molecule has 0 radical (unpaired) electrons. The number of carbonyl (C=O) groups excluding carboxylic acids is 1. The minimum atomic E-state index is -1.03. The first kappa shape index (κ1) is 18.0. The van der Waals surface area contributed by atoms with Crippen molar-refractivity contribution in [3.05, 3.63) is 59.4 Å². The Hall–Kier alpha value is -2.80. The third kappa shape index (κ3) is 4.23. The highest BCUT2D eigenvalue weighted by atomic mass is 32.2. The molecule has 3 rings (SSSR count). The molecule has 1 aliphatic heterocycles. The minimum Gasteiger partial charge on any atom is -0.486 e. The fourth-order valence-corrected chi connectivity index (χ4v) is 3.04. The number of ether oxygens (including phenoxy) is 2. The van der Waals surface area contributed by atoms with Gasteiger partial charge in [-0.1, -0.05) is 12.1 Å². The second-order valence-electron chi connectivity index (χ2n) is 5.40. The highest BCUT2D eigenvalue weighted by Gasteiger charge is 2.14. The van der Waals surface area contributed by atoms with Crippen LogP contribution in [0.15, 0.2) is 47.4 Å². The van der Waals surface area contributed by atoms with Crippen molar-refractivity contribution in [2.24, 2.45) is 0 Å². The Balaban J connectivity index is 1.75. The van der Waals surface area contributed by atoms with Crippen molar-refractivity contribution in [2.75, 3.05) is 19.0 Å². The molecule has 0 atom stereocenters. The summed E-state index contributed by atoms with van der Waals surface area (Å²) in [5.74, 6) is -1.07. The van der Waals surface area contributed by atoms with Crippen LogP contribution in [0.25, 0.3) is 6.08 Å². The minimum absolute atomic E-state index is 0.181. The number of rotatable bonds is 6. The highest BCUT2D eigenvalue weighted by Crippen LogP contribution is 2.34. The third-order valence-electron chi connectivity index (χ3n) is 3.58. The van der Waals surface area contributed by atoms with Crippen LogP contribution in [-0.4, -0.2) is 35.8 Å². The lowest BCUT2D eigenvalue weighted by atomic mass is 10.1. The summed E-state index contributed by atoms with van der Waals surface area (Å²) >= 11 is 0.867. The lowest BCUT2D eigenvalue weighted by Gasteiger charge is -2.19. The third-order valence-corrected chi connectivity index (χ3v) is 4.61. The number of carboxylic acids is 1. The van der Waals surface area contributed by atoms with E-state index in [0.717, 1.165) is 17.8 Å². The van der Waals surface area contributed by atoms with E-state index in [1.54, 1.807) is 24.3 Å². The molecule has 26 heavy (non-hydrogen) atoms. The van der Waals surface area contributed by atoms with E-state index in [-0.39, 0.29) is 22.0 Å². The van der Waals surface area contributed by atoms with Crippen LogP contribution in [0, 0.1) is 5.82 Å². The molecule has 0 aliphatic carbocycles. The van der Waals surface area contributed by atoms with Crippen molar-refractivity contribution in [1.82, 2.24) is 0 Å². The van der Waals surface area contributed by atoms with Crippen molar-refractivity contribution in [3.63, 3.8) is 0 Å². The Bertz CT molecular complexity index is 878. The quantitative estimate of drug-likeness (QED) is 0.473. The van der Waals surface area contributed by atoms with Crippen molar-refractivity contribution < 1.29 is 28.6 Å². The predicted molar refractivity (Wildman–Crippen MR) is 95.6 cm³/mol. The molecule has 1 aliphatic rings. The van der Waals surface area contributed by atoms with Crippen LogP contribution >= 0.6 is 11.8 Å². The molecule has 0 amide bonds. The molecule has 1 heterocycles. The molecule has 0 saturated carbocycles. The van der Waals surface area contributed by atoms with Gasteiger partial charge < -0.3 is 14.6 Å². The van der Waals surface area contributed by atoms with Gasteiger partial charge in [-0.3, -0.25) is 9.59 Å². The molecule has 134 valence electrons. The number of thioether (sulfide) groups is 1. The molecular weight excluding hydrogens is 359 g/mol. The van der Waals surface area contributed by atoms with Crippen LogP contribution in [0.5, 0.6) is 11.5 Å². The second-order valence-corrected chi connectivity index (χ2v) is 6.41. The summed E-state index contributed by atoms with van der Waals surface area (Å²) in [6.07, 6.45) is 2.94. The van der Waals surface area contributed by atoms with Crippen LogP contribution < -0.4 is 9.47 Å². The Kier molecular flexibility index (Phi) is 5.58. The van der Waals surface area contributed by atoms with E-state index in [2.05, 4.69) is 0 Å². The smallest absolute Gasteiger partial charge is 0.313 e. The summed E-state index contributed by atoms with van der Waals surface area (Å²) in [6, 6.07) is 9.37. The van der Waals surface area contributed by atoms with Gasteiger partial charge in [-0.25, -0.2) is 4.39 Å². The zero-order valence-corrected chi connectivity index (χ0v) is 14.4. The molecule has 0 aromatic heterocycles. The molecule has 7 heteroatoms. The number of ketones is 1. The molecule has 0 unspecified atom stereocenters. The van der Waals surface area contributed by atoms with E-state index >= 15 is 0 Å². The molecule has 1 N–H and O–H groups in total. The topological polar surface area (TPSA) is 72.8 Å². The van der Waals surface area contributed by atoms with E-state index in [1.807, 2.05) is 0 Å². The predicted octanol–water partition coefficient (Wildman–Crippen LogP) is 3.67. The van der Waals surface area contributed by atoms with E-state index in [1.165, 1.54) is 18.2 Å². The summed E-state index contributed by atoms with van der Waals surface area (Å²) in [7, 11) is 0. The SMILES string of the molecule is O=C(O)CSc1ccc(C(=O)C=Cc2cccc3c2OCCO3)cc1F. The second kappa shape index (κ2) is 8.05. The Morgan fingerprint density at radius 2 is 2.00 bits per heavy atom. The molecule has 0 bridgehead atoms. The number of halogens is 1. The van der Waals surface area contributed by atoms with Gasteiger partial charge in [-0.05, 0) is 36.4 Å². The number of hydrogen-bond acceptors (Lipinski definition) is 5.